The predicted molar refractivity (Wildman–Crippen MR) is 156 cm³/mol. The first-order chi connectivity index (χ1) is 19.0. The second kappa shape index (κ2) is 10.4. The summed E-state index contributed by atoms with van der Waals surface area (Å²) in [5, 5.41) is 7.70. The van der Waals surface area contributed by atoms with Gasteiger partial charge in [-0.1, -0.05) is 45.4 Å². The van der Waals surface area contributed by atoms with Gasteiger partial charge in [0, 0.05) is 15.4 Å². The quantitative estimate of drug-likeness (QED) is 0.174. The van der Waals surface area contributed by atoms with Crippen LogP contribution in [0.1, 0.15) is 5.56 Å². The van der Waals surface area contributed by atoms with E-state index in [9.17, 15) is 9.59 Å². The highest BCUT2D eigenvalue weighted by atomic mass is 79.9. The Morgan fingerprint density at radius 2 is 1.64 bits per heavy atom. The SMILES string of the molecule is O=C1NC(=S)N(c2ccc(Oc3ccccc3)cc2)C(=O)C1Cc1ccc2noc(-c3ccc(Br)cc3)c2c1. The van der Waals surface area contributed by atoms with Crippen molar-refractivity contribution in [2.75, 3.05) is 4.90 Å². The van der Waals surface area contributed by atoms with E-state index in [1.807, 2.05) is 72.8 Å². The number of amides is 2. The van der Waals surface area contributed by atoms with Crippen LogP contribution < -0.4 is 15.0 Å². The van der Waals surface area contributed by atoms with Gasteiger partial charge in [0.2, 0.25) is 11.8 Å². The van der Waals surface area contributed by atoms with Gasteiger partial charge in [-0.3, -0.25) is 14.5 Å². The summed E-state index contributed by atoms with van der Waals surface area (Å²) in [6.07, 6.45) is 0.194. The molecule has 0 spiro atoms. The molecule has 4 aromatic carbocycles. The van der Waals surface area contributed by atoms with Crippen LogP contribution in [0.2, 0.25) is 0 Å². The molecule has 2 heterocycles. The third-order valence-corrected chi connectivity index (χ3v) is 7.24. The van der Waals surface area contributed by atoms with E-state index in [2.05, 4.69) is 26.4 Å². The molecule has 1 N–H and O–H groups in total. The average Bonchev–Trinajstić information content (AvgIpc) is 3.36. The third kappa shape index (κ3) is 5.06. The van der Waals surface area contributed by atoms with Crippen molar-refractivity contribution in [3.05, 3.63) is 107 Å². The number of halogens is 1. The van der Waals surface area contributed by atoms with E-state index in [4.69, 9.17) is 21.5 Å². The molecule has 1 aliphatic heterocycles. The molecule has 1 saturated heterocycles. The van der Waals surface area contributed by atoms with Gasteiger partial charge in [-0.2, -0.15) is 0 Å². The smallest absolute Gasteiger partial charge is 0.246 e. The third-order valence-electron chi connectivity index (χ3n) is 6.43. The number of nitrogens with zero attached hydrogens (tertiary/aromatic N) is 2. The molecule has 0 radical (unpaired) electrons. The number of carbonyl (C=O) groups excluding carboxylic acids is 2. The Bertz CT molecular complexity index is 1700. The van der Waals surface area contributed by atoms with Crippen molar-refractivity contribution in [3.8, 4) is 22.8 Å². The Morgan fingerprint density at radius 3 is 2.38 bits per heavy atom. The van der Waals surface area contributed by atoms with Crippen LogP contribution in [0.25, 0.3) is 22.2 Å². The van der Waals surface area contributed by atoms with E-state index in [1.165, 1.54) is 4.90 Å². The fraction of sp³-hybridized carbons (Fsp3) is 0.0667. The maximum absolute atomic E-state index is 13.6. The first kappa shape index (κ1) is 25.0. The molecule has 1 fully saturated rings. The fourth-order valence-corrected chi connectivity index (χ4v) is 5.05. The van der Waals surface area contributed by atoms with Crippen LogP contribution in [-0.2, 0) is 16.0 Å². The number of fused-ring (bicyclic) bond motifs is 1. The van der Waals surface area contributed by atoms with Crippen molar-refractivity contribution in [2.45, 2.75) is 6.42 Å². The molecular formula is C30H20BrN3O4S. The topological polar surface area (TPSA) is 84.7 Å². The van der Waals surface area contributed by atoms with Gasteiger partial charge < -0.3 is 14.6 Å². The second-order valence-electron chi connectivity index (χ2n) is 9.00. The van der Waals surface area contributed by atoms with Crippen LogP contribution >= 0.6 is 28.1 Å². The van der Waals surface area contributed by atoms with Crippen molar-refractivity contribution in [1.82, 2.24) is 10.5 Å². The van der Waals surface area contributed by atoms with Crippen LogP contribution in [0.5, 0.6) is 11.5 Å². The number of ether oxygens (including phenoxy) is 1. The highest BCUT2D eigenvalue weighted by Crippen LogP contribution is 2.32. The first-order valence-corrected chi connectivity index (χ1v) is 13.3. The van der Waals surface area contributed by atoms with Crippen molar-refractivity contribution >= 4 is 61.7 Å². The molecule has 5 aromatic rings. The predicted octanol–water partition coefficient (Wildman–Crippen LogP) is 6.66. The summed E-state index contributed by atoms with van der Waals surface area (Å²) in [6, 6.07) is 29.7. The maximum atomic E-state index is 13.6. The number of thiocarbonyl (C=S) groups is 1. The normalized spacial score (nSPS) is 15.5. The Balaban J connectivity index is 1.24. The maximum Gasteiger partial charge on any atom is 0.246 e. The summed E-state index contributed by atoms with van der Waals surface area (Å²) in [4.78, 5) is 27.8. The van der Waals surface area contributed by atoms with Crippen molar-refractivity contribution in [3.63, 3.8) is 0 Å². The zero-order chi connectivity index (χ0) is 26.9. The van der Waals surface area contributed by atoms with Gasteiger partial charge in [0.05, 0.1) is 5.69 Å². The number of anilines is 1. The van der Waals surface area contributed by atoms with Crippen LogP contribution in [0, 0.1) is 5.92 Å². The molecule has 6 rings (SSSR count). The van der Waals surface area contributed by atoms with Crippen molar-refractivity contribution in [1.29, 1.82) is 0 Å². The monoisotopic (exact) mass is 597 g/mol. The highest BCUT2D eigenvalue weighted by Gasteiger charge is 2.39. The molecule has 7 nitrogen and oxygen atoms in total. The average molecular weight is 598 g/mol. The molecule has 0 bridgehead atoms. The van der Waals surface area contributed by atoms with Crippen LogP contribution in [0.3, 0.4) is 0 Å². The molecule has 1 aliphatic rings. The summed E-state index contributed by atoms with van der Waals surface area (Å²) in [5.74, 6) is 0.173. The number of para-hydroxylation sites is 1. The lowest BCUT2D eigenvalue weighted by atomic mass is 9.94. The lowest BCUT2D eigenvalue weighted by Gasteiger charge is -2.32. The molecular weight excluding hydrogens is 578 g/mol. The number of carbonyl (C=O) groups is 2. The van der Waals surface area contributed by atoms with E-state index < -0.39 is 11.8 Å². The number of nitrogens with one attached hydrogen (secondary N) is 1. The Kier molecular flexibility index (Phi) is 6.68. The molecule has 39 heavy (non-hydrogen) atoms. The number of hydrogen-bond donors (Lipinski definition) is 1. The van der Waals surface area contributed by atoms with Gasteiger partial charge in [-0.25, -0.2) is 0 Å². The minimum atomic E-state index is -0.953. The number of hydrogen-bond acceptors (Lipinski definition) is 6. The molecule has 1 atom stereocenters. The van der Waals surface area contributed by atoms with Gasteiger partial charge in [0.1, 0.15) is 22.9 Å². The number of benzene rings is 4. The van der Waals surface area contributed by atoms with Crippen LogP contribution in [0.15, 0.2) is 106 Å². The summed E-state index contributed by atoms with van der Waals surface area (Å²) < 4.78 is 12.4. The van der Waals surface area contributed by atoms with Gasteiger partial charge in [0.15, 0.2) is 10.9 Å². The van der Waals surface area contributed by atoms with Gasteiger partial charge in [0.25, 0.3) is 0 Å². The molecule has 9 heteroatoms. The zero-order valence-corrected chi connectivity index (χ0v) is 22.7. The van der Waals surface area contributed by atoms with E-state index in [0.29, 0.717) is 28.5 Å². The van der Waals surface area contributed by atoms with E-state index in [0.717, 1.165) is 21.0 Å². The number of aromatic nitrogens is 1. The van der Waals surface area contributed by atoms with Gasteiger partial charge >= 0.3 is 0 Å². The molecule has 0 aliphatic carbocycles. The standard InChI is InChI=1S/C30H20BrN3O4S/c31-20-9-7-19(8-10-20)27-24-16-18(6-15-26(24)33-38-27)17-25-28(35)32-30(39)34(29(25)36)21-11-13-23(14-12-21)37-22-4-2-1-3-5-22/h1-16,25H,17H2,(H,32,35,39). The first-order valence-electron chi connectivity index (χ1n) is 12.1. The van der Waals surface area contributed by atoms with E-state index in [-0.39, 0.29) is 17.4 Å². The Hall–Kier alpha value is -4.34. The van der Waals surface area contributed by atoms with E-state index >= 15 is 0 Å². The summed E-state index contributed by atoms with van der Waals surface area (Å²) in [7, 11) is 0. The minimum Gasteiger partial charge on any atom is -0.457 e. The van der Waals surface area contributed by atoms with Gasteiger partial charge in [-0.15, -0.1) is 0 Å². The minimum absolute atomic E-state index is 0.0463. The fourth-order valence-electron chi connectivity index (χ4n) is 4.49. The molecule has 1 aromatic heterocycles. The van der Waals surface area contributed by atoms with Crippen LogP contribution in [-0.4, -0.2) is 22.1 Å². The van der Waals surface area contributed by atoms with E-state index in [1.54, 1.807) is 24.3 Å². The zero-order valence-electron chi connectivity index (χ0n) is 20.3. The lowest BCUT2D eigenvalue weighted by Crippen LogP contribution is -2.58. The largest absolute Gasteiger partial charge is 0.457 e. The summed E-state index contributed by atoms with van der Waals surface area (Å²) in [5.41, 5.74) is 2.91. The number of rotatable bonds is 6. The van der Waals surface area contributed by atoms with Gasteiger partial charge in [-0.05, 0) is 97.0 Å². The molecule has 1 unspecified atom stereocenters. The lowest BCUT2D eigenvalue weighted by molar-refractivity contribution is -0.133. The summed E-state index contributed by atoms with van der Waals surface area (Å²) in [6.45, 7) is 0. The summed E-state index contributed by atoms with van der Waals surface area (Å²) >= 11 is 8.81. The molecule has 192 valence electrons. The Labute approximate surface area is 237 Å². The van der Waals surface area contributed by atoms with Crippen molar-refractivity contribution < 1.29 is 18.8 Å². The highest BCUT2D eigenvalue weighted by molar-refractivity contribution is 9.10. The molecule has 0 saturated carbocycles. The second-order valence-corrected chi connectivity index (χ2v) is 10.3. The van der Waals surface area contributed by atoms with Crippen molar-refractivity contribution in [2.24, 2.45) is 5.92 Å². The van der Waals surface area contributed by atoms with Crippen LogP contribution in [0.4, 0.5) is 5.69 Å². The molecule has 2 amide bonds. The Morgan fingerprint density at radius 1 is 0.923 bits per heavy atom.